The molecule has 21 heavy (non-hydrogen) atoms. The minimum Gasteiger partial charge on any atom is -0.308 e. The Balaban J connectivity index is 2.28. The van der Waals surface area contributed by atoms with Gasteiger partial charge in [-0.05, 0) is 51.8 Å². The van der Waals surface area contributed by atoms with Gasteiger partial charge in [-0.3, -0.25) is 4.57 Å². The molecule has 0 aliphatic rings. The van der Waals surface area contributed by atoms with Crippen molar-refractivity contribution in [3.63, 3.8) is 0 Å². The lowest BCUT2D eigenvalue weighted by Gasteiger charge is -2.21. The number of hydrogen-bond donors (Lipinski definition) is 1. The van der Waals surface area contributed by atoms with Gasteiger partial charge in [0.05, 0.1) is 0 Å². The fourth-order valence-corrected chi connectivity index (χ4v) is 2.27. The molecule has 0 radical (unpaired) electrons. The number of nitrogens with one attached hydrogen (secondary N) is 1. The van der Waals surface area contributed by atoms with Gasteiger partial charge in [0.1, 0.15) is 11.6 Å². The molecule has 0 bridgehead atoms. The number of pyridine rings is 1. The van der Waals surface area contributed by atoms with Crippen LogP contribution in [0.2, 0.25) is 0 Å². The van der Waals surface area contributed by atoms with Crippen LogP contribution in [0.1, 0.15) is 51.2 Å². The van der Waals surface area contributed by atoms with Crippen molar-refractivity contribution in [2.75, 3.05) is 0 Å². The van der Waals surface area contributed by atoms with Crippen molar-refractivity contribution < 1.29 is 0 Å². The molecule has 0 spiro atoms. The van der Waals surface area contributed by atoms with Gasteiger partial charge in [-0.1, -0.05) is 6.92 Å². The quantitative estimate of drug-likeness (QED) is 0.916. The molecule has 0 fully saturated rings. The summed E-state index contributed by atoms with van der Waals surface area (Å²) in [4.78, 5) is 9.09. The summed E-state index contributed by atoms with van der Waals surface area (Å²) >= 11 is 0. The number of nitrogens with zero attached hydrogens (tertiary/aromatic N) is 3. The van der Waals surface area contributed by atoms with Gasteiger partial charge in [-0.25, -0.2) is 9.97 Å². The molecular weight excluding hydrogens is 260 g/mol. The van der Waals surface area contributed by atoms with Gasteiger partial charge >= 0.3 is 0 Å². The Morgan fingerprint density at radius 2 is 2.00 bits per heavy atom. The first-order chi connectivity index (χ1) is 9.89. The molecule has 2 heterocycles. The lowest BCUT2D eigenvalue weighted by atomic mass is 10.1. The summed E-state index contributed by atoms with van der Waals surface area (Å²) in [6.45, 7) is 11.6. The molecule has 0 atom stereocenters. The second kappa shape index (κ2) is 6.39. The molecule has 2 rings (SSSR count). The van der Waals surface area contributed by atoms with E-state index in [1.807, 2.05) is 19.3 Å². The predicted octanol–water partition coefficient (Wildman–Crippen LogP) is 3.42. The first-order valence-corrected chi connectivity index (χ1v) is 7.64. The van der Waals surface area contributed by atoms with Crippen molar-refractivity contribution in [2.24, 2.45) is 0 Å². The van der Waals surface area contributed by atoms with Crippen LogP contribution in [0, 0.1) is 6.92 Å². The van der Waals surface area contributed by atoms with Gasteiger partial charge < -0.3 is 5.32 Å². The van der Waals surface area contributed by atoms with E-state index >= 15 is 0 Å². The fourth-order valence-electron chi connectivity index (χ4n) is 2.27. The molecule has 0 saturated carbocycles. The second-order valence-corrected chi connectivity index (χ2v) is 6.54. The molecule has 0 amide bonds. The standard InChI is InChI=1S/C17H26N4/c1-6-7-15-18-8-9-21(15)16-11-14(10-13(2)20-16)12-19-17(3,4)5/h8-11,19H,6-7,12H2,1-5H3. The average Bonchev–Trinajstić information content (AvgIpc) is 2.84. The van der Waals surface area contributed by atoms with Crippen LogP contribution < -0.4 is 5.32 Å². The summed E-state index contributed by atoms with van der Waals surface area (Å²) in [5.74, 6) is 2.03. The smallest absolute Gasteiger partial charge is 0.138 e. The van der Waals surface area contributed by atoms with Gasteiger partial charge in [0.2, 0.25) is 0 Å². The van der Waals surface area contributed by atoms with Crippen molar-refractivity contribution >= 4 is 0 Å². The highest BCUT2D eigenvalue weighted by atomic mass is 15.1. The highest BCUT2D eigenvalue weighted by Crippen LogP contribution is 2.14. The van der Waals surface area contributed by atoms with Crippen LogP contribution in [0.3, 0.4) is 0 Å². The number of aryl methyl sites for hydroxylation is 2. The maximum absolute atomic E-state index is 4.66. The molecule has 4 nitrogen and oxygen atoms in total. The van der Waals surface area contributed by atoms with Gasteiger partial charge in [0.25, 0.3) is 0 Å². The Labute approximate surface area is 127 Å². The SMILES string of the molecule is CCCc1nccn1-c1cc(CNC(C)(C)C)cc(C)n1. The number of aromatic nitrogens is 3. The summed E-state index contributed by atoms with van der Waals surface area (Å²) in [5, 5.41) is 3.52. The van der Waals surface area contributed by atoms with E-state index in [0.717, 1.165) is 36.7 Å². The van der Waals surface area contributed by atoms with E-state index in [2.05, 4.69) is 59.7 Å². The first kappa shape index (κ1) is 15.7. The van der Waals surface area contributed by atoms with Gasteiger partial charge in [-0.2, -0.15) is 0 Å². The third kappa shape index (κ3) is 4.39. The van der Waals surface area contributed by atoms with Crippen LogP contribution in [0.4, 0.5) is 0 Å². The van der Waals surface area contributed by atoms with Crippen molar-refractivity contribution in [2.45, 2.75) is 59.5 Å². The van der Waals surface area contributed by atoms with Crippen LogP contribution in [-0.2, 0) is 13.0 Å². The monoisotopic (exact) mass is 286 g/mol. The fraction of sp³-hybridized carbons (Fsp3) is 0.529. The zero-order valence-electron chi connectivity index (χ0n) is 13.8. The van der Waals surface area contributed by atoms with Crippen LogP contribution in [0.5, 0.6) is 0 Å². The Hall–Kier alpha value is -1.68. The topological polar surface area (TPSA) is 42.7 Å². The number of imidazole rings is 1. The Morgan fingerprint density at radius 3 is 2.67 bits per heavy atom. The highest BCUT2D eigenvalue weighted by molar-refractivity contribution is 5.32. The maximum Gasteiger partial charge on any atom is 0.138 e. The summed E-state index contributed by atoms with van der Waals surface area (Å²) < 4.78 is 2.09. The molecule has 2 aromatic heterocycles. The van der Waals surface area contributed by atoms with E-state index in [9.17, 15) is 0 Å². The van der Waals surface area contributed by atoms with E-state index in [-0.39, 0.29) is 5.54 Å². The first-order valence-electron chi connectivity index (χ1n) is 7.64. The maximum atomic E-state index is 4.66. The zero-order chi connectivity index (χ0) is 15.5. The molecular formula is C17H26N4. The molecule has 2 aromatic rings. The van der Waals surface area contributed by atoms with E-state index < -0.39 is 0 Å². The number of hydrogen-bond acceptors (Lipinski definition) is 3. The van der Waals surface area contributed by atoms with Crippen LogP contribution in [0.25, 0.3) is 5.82 Å². The van der Waals surface area contributed by atoms with Gasteiger partial charge in [0, 0.05) is 36.6 Å². The van der Waals surface area contributed by atoms with E-state index in [1.54, 1.807) is 0 Å². The normalized spacial score (nSPS) is 11.9. The van der Waals surface area contributed by atoms with Gasteiger partial charge in [-0.15, -0.1) is 0 Å². The van der Waals surface area contributed by atoms with Crippen molar-refractivity contribution in [1.29, 1.82) is 0 Å². The second-order valence-electron chi connectivity index (χ2n) is 6.54. The minimum absolute atomic E-state index is 0.111. The van der Waals surface area contributed by atoms with Gasteiger partial charge in [0.15, 0.2) is 0 Å². The summed E-state index contributed by atoms with van der Waals surface area (Å²) in [6.07, 6.45) is 5.90. The predicted molar refractivity (Wildman–Crippen MR) is 86.7 cm³/mol. The van der Waals surface area contributed by atoms with Crippen molar-refractivity contribution in [1.82, 2.24) is 19.9 Å². The number of rotatable bonds is 5. The minimum atomic E-state index is 0.111. The molecule has 0 unspecified atom stereocenters. The Kier molecular flexibility index (Phi) is 4.78. The average molecular weight is 286 g/mol. The lowest BCUT2D eigenvalue weighted by molar-refractivity contribution is 0.424. The van der Waals surface area contributed by atoms with E-state index in [4.69, 9.17) is 0 Å². The Bertz CT molecular complexity index is 593. The van der Waals surface area contributed by atoms with E-state index in [0.29, 0.717) is 0 Å². The van der Waals surface area contributed by atoms with Crippen LogP contribution >= 0.6 is 0 Å². The van der Waals surface area contributed by atoms with Crippen molar-refractivity contribution in [3.05, 3.63) is 41.6 Å². The molecule has 114 valence electrons. The van der Waals surface area contributed by atoms with Crippen molar-refractivity contribution in [3.8, 4) is 5.82 Å². The molecule has 0 aromatic carbocycles. The molecule has 4 heteroatoms. The summed E-state index contributed by atoms with van der Waals surface area (Å²) in [5.41, 5.74) is 2.40. The van der Waals surface area contributed by atoms with Crippen LogP contribution in [-0.4, -0.2) is 20.1 Å². The van der Waals surface area contributed by atoms with Crippen LogP contribution in [0.15, 0.2) is 24.5 Å². The Morgan fingerprint density at radius 1 is 1.24 bits per heavy atom. The molecule has 0 aliphatic carbocycles. The zero-order valence-corrected chi connectivity index (χ0v) is 13.8. The lowest BCUT2D eigenvalue weighted by Crippen LogP contribution is -2.35. The third-order valence-electron chi connectivity index (χ3n) is 3.26. The molecule has 0 aliphatic heterocycles. The van der Waals surface area contributed by atoms with E-state index in [1.165, 1.54) is 5.56 Å². The third-order valence-corrected chi connectivity index (χ3v) is 3.26. The molecule has 0 saturated heterocycles. The largest absolute Gasteiger partial charge is 0.308 e. The molecule has 1 N–H and O–H groups in total. The summed E-state index contributed by atoms with van der Waals surface area (Å²) in [6, 6.07) is 4.28. The highest BCUT2D eigenvalue weighted by Gasteiger charge is 2.11. The summed E-state index contributed by atoms with van der Waals surface area (Å²) in [7, 11) is 0.